The van der Waals surface area contributed by atoms with Crippen LogP contribution >= 0.6 is 0 Å². The molecule has 1 aliphatic carbocycles. The molecule has 0 saturated heterocycles. The second-order valence-corrected chi connectivity index (χ2v) is 11.1. The third-order valence-electron chi connectivity index (χ3n) is 6.87. The molecule has 216 valence electrons. The van der Waals surface area contributed by atoms with Crippen LogP contribution in [0.25, 0.3) is 5.69 Å². The Balaban J connectivity index is 1.30. The summed E-state index contributed by atoms with van der Waals surface area (Å²) in [7, 11) is 0. The molecular weight excluding hydrogens is 539 g/mol. The first-order valence-corrected chi connectivity index (χ1v) is 13.5. The lowest BCUT2D eigenvalue weighted by atomic mass is 9.86. The van der Waals surface area contributed by atoms with Gasteiger partial charge in [-0.25, -0.2) is 23.8 Å². The van der Waals surface area contributed by atoms with E-state index in [-0.39, 0.29) is 34.1 Å². The third-order valence-corrected chi connectivity index (χ3v) is 6.87. The van der Waals surface area contributed by atoms with E-state index in [0.29, 0.717) is 18.3 Å². The second-order valence-electron chi connectivity index (χ2n) is 11.1. The lowest BCUT2D eigenvalue weighted by Crippen LogP contribution is -2.22. The maximum absolute atomic E-state index is 14.9. The van der Waals surface area contributed by atoms with Gasteiger partial charge < -0.3 is 20.5 Å². The number of amides is 2. The Labute approximate surface area is 242 Å². The average Bonchev–Trinajstić information content (AvgIpc) is 3.34. The summed E-state index contributed by atoms with van der Waals surface area (Å²) in [4.78, 5) is 20.6. The zero-order valence-electron chi connectivity index (χ0n) is 23.5. The molecule has 12 heteroatoms. The first-order chi connectivity index (χ1) is 20.1. The summed E-state index contributed by atoms with van der Waals surface area (Å²) < 4.78 is 28.0. The van der Waals surface area contributed by atoms with Crippen molar-refractivity contribution in [3.8, 4) is 29.1 Å². The number of ether oxygens (including phenoxy) is 2. The molecule has 2 amide bonds. The van der Waals surface area contributed by atoms with E-state index in [2.05, 4.69) is 20.6 Å². The number of nitrogens with two attached hydrogens (primary N) is 1. The van der Waals surface area contributed by atoms with E-state index < -0.39 is 11.8 Å². The number of carbonyl (C=O) groups excluding carboxylic acids is 1. The van der Waals surface area contributed by atoms with Gasteiger partial charge >= 0.3 is 6.03 Å². The van der Waals surface area contributed by atoms with Gasteiger partial charge in [0.25, 0.3) is 0 Å². The summed E-state index contributed by atoms with van der Waals surface area (Å²) in [6, 6.07) is 14.3. The second kappa shape index (κ2) is 11.7. The SMILES string of the molecule is CC(C)(C)c1cc(NC(=O)Nc2ccc(Oc3ncnc(N)c3C#N)cc2F)n(-c2ccc(OCC3CCC3)cc2)n1. The molecule has 1 saturated carbocycles. The van der Waals surface area contributed by atoms with Gasteiger partial charge in [-0.05, 0) is 55.2 Å². The lowest BCUT2D eigenvalue weighted by molar-refractivity contribution is 0.180. The molecule has 0 bridgehead atoms. The van der Waals surface area contributed by atoms with Gasteiger partial charge in [0.1, 0.15) is 41.3 Å². The largest absolute Gasteiger partial charge is 0.493 e. The summed E-state index contributed by atoms with van der Waals surface area (Å²) in [6.45, 7) is 6.78. The Morgan fingerprint density at radius 1 is 1.12 bits per heavy atom. The fourth-order valence-corrected chi connectivity index (χ4v) is 4.20. The Kier molecular flexibility index (Phi) is 7.93. The predicted molar refractivity (Wildman–Crippen MR) is 155 cm³/mol. The van der Waals surface area contributed by atoms with Crippen molar-refractivity contribution >= 4 is 23.4 Å². The van der Waals surface area contributed by atoms with E-state index in [0.717, 1.165) is 29.5 Å². The van der Waals surface area contributed by atoms with Gasteiger partial charge in [-0.2, -0.15) is 10.4 Å². The Morgan fingerprint density at radius 3 is 2.50 bits per heavy atom. The Morgan fingerprint density at radius 2 is 1.86 bits per heavy atom. The van der Waals surface area contributed by atoms with Crippen LogP contribution < -0.4 is 25.8 Å². The Hall–Kier alpha value is -5.18. The number of anilines is 3. The molecular formula is C30H31FN8O3. The topological polar surface area (TPSA) is 153 Å². The summed E-state index contributed by atoms with van der Waals surface area (Å²) in [5.74, 6) is 0.943. The lowest BCUT2D eigenvalue weighted by Gasteiger charge is -2.25. The number of nitrogens with one attached hydrogen (secondary N) is 2. The molecule has 2 aromatic heterocycles. The molecule has 0 unspecified atom stereocenters. The zero-order valence-corrected chi connectivity index (χ0v) is 23.5. The van der Waals surface area contributed by atoms with Gasteiger partial charge in [0, 0.05) is 17.5 Å². The zero-order chi connectivity index (χ0) is 29.9. The molecule has 4 aromatic rings. The highest BCUT2D eigenvalue weighted by molar-refractivity contribution is 5.99. The normalized spacial score (nSPS) is 13.1. The highest BCUT2D eigenvalue weighted by atomic mass is 19.1. The number of aromatic nitrogens is 4. The number of benzene rings is 2. The fraction of sp³-hybridized carbons (Fsp3) is 0.300. The van der Waals surface area contributed by atoms with E-state index in [1.807, 2.05) is 51.1 Å². The number of nitrogens with zero attached hydrogens (tertiary/aromatic N) is 5. The minimum absolute atomic E-state index is 0.0555. The van der Waals surface area contributed by atoms with Gasteiger partial charge in [-0.3, -0.25) is 5.32 Å². The van der Waals surface area contributed by atoms with Gasteiger partial charge in [-0.15, -0.1) is 0 Å². The summed E-state index contributed by atoms with van der Waals surface area (Å²) in [6.07, 6.45) is 4.82. The standard InChI is InChI=1S/C30H31FN8O3/c1-30(2,3)25-14-26(39(38-25)19-7-9-20(10-8-19)41-16-18-5-4-6-18)37-29(40)36-24-12-11-21(13-23(24)31)42-28-22(15-32)27(33)34-17-35-28/h7-14,17-18H,4-6,16H2,1-3H3,(H2,33,34,35)(H2,36,37,40). The molecule has 0 radical (unpaired) electrons. The van der Waals surface area contributed by atoms with Crippen molar-refractivity contribution in [3.05, 3.63) is 71.9 Å². The quantitative estimate of drug-likeness (QED) is 0.227. The van der Waals surface area contributed by atoms with E-state index in [4.69, 9.17) is 20.3 Å². The summed E-state index contributed by atoms with van der Waals surface area (Å²) >= 11 is 0. The van der Waals surface area contributed by atoms with Crippen LogP contribution in [-0.2, 0) is 5.41 Å². The number of hydrogen-bond donors (Lipinski definition) is 3. The number of halogens is 1. The van der Waals surface area contributed by atoms with E-state index in [1.165, 1.54) is 31.4 Å². The van der Waals surface area contributed by atoms with Gasteiger partial charge in [-0.1, -0.05) is 27.2 Å². The van der Waals surface area contributed by atoms with Gasteiger partial charge in [0.2, 0.25) is 5.88 Å². The average molecular weight is 571 g/mol. The molecule has 0 aliphatic heterocycles. The minimum Gasteiger partial charge on any atom is -0.493 e. The van der Waals surface area contributed by atoms with Crippen molar-refractivity contribution < 1.29 is 18.7 Å². The van der Waals surface area contributed by atoms with Crippen molar-refractivity contribution in [2.24, 2.45) is 5.92 Å². The monoisotopic (exact) mass is 570 g/mol. The predicted octanol–water partition coefficient (Wildman–Crippen LogP) is 6.17. The molecule has 42 heavy (non-hydrogen) atoms. The van der Waals surface area contributed by atoms with Crippen LogP contribution in [0.15, 0.2) is 54.9 Å². The van der Waals surface area contributed by atoms with E-state index >= 15 is 0 Å². The smallest absolute Gasteiger partial charge is 0.324 e. The molecule has 5 rings (SSSR count). The van der Waals surface area contributed by atoms with Gasteiger partial charge in [0.15, 0.2) is 5.56 Å². The summed E-state index contributed by atoms with van der Waals surface area (Å²) in [5, 5.41) is 19.3. The molecule has 2 heterocycles. The molecule has 11 nitrogen and oxygen atoms in total. The van der Waals surface area contributed by atoms with Crippen molar-refractivity contribution in [2.75, 3.05) is 23.0 Å². The highest BCUT2D eigenvalue weighted by Crippen LogP contribution is 2.30. The molecule has 0 spiro atoms. The molecule has 1 aliphatic rings. The van der Waals surface area contributed by atoms with Crippen LogP contribution in [-0.4, -0.2) is 32.4 Å². The van der Waals surface area contributed by atoms with Crippen molar-refractivity contribution in [3.63, 3.8) is 0 Å². The van der Waals surface area contributed by atoms with Crippen molar-refractivity contribution in [2.45, 2.75) is 45.4 Å². The summed E-state index contributed by atoms with van der Waals surface area (Å²) in [5.41, 5.74) is 6.72. The number of nitriles is 1. The van der Waals surface area contributed by atoms with Crippen LogP contribution in [0.3, 0.4) is 0 Å². The number of hydrogen-bond acceptors (Lipinski definition) is 8. The van der Waals surface area contributed by atoms with Crippen LogP contribution in [0.2, 0.25) is 0 Å². The molecule has 2 aromatic carbocycles. The first kappa shape index (κ1) is 28.4. The molecule has 1 fully saturated rings. The third kappa shape index (κ3) is 6.41. The Bertz CT molecular complexity index is 1640. The molecule has 4 N–H and O–H groups in total. The number of nitrogen functional groups attached to an aromatic ring is 1. The fourth-order valence-electron chi connectivity index (χ4n) is 4.20. The maximum atomic E-state index is 14.9. The van der Waals surface area contributed by atoms with Crippen LogP contribution in [0.5, 0.6) is 17.4 Å². The highest BCUT2D eigenvalue weighted by Gasteiger charge is 2.22. The first-order valence-electron chi connectivity index (χ1n) is 13.5. The number of rotatable bonds is 8. The maximum Gasteiger partial charge on any atom is 0.324 e. The van der Waals surface area contributed by atoms with Gasteiger partial charge in [0.05, 0.1) is 23.7 Å². The van der Waals surface area contributed by atoms with Crippen LogP contribution in [0, 0.1) is 23.1 Å². The minimum atomic E-state index is -0.760. The van der Waals surface area contributed by atoms with Crippen molar-refractivity contribution in [1.29, 1.82) is 5.26 Å². The van der Waals surface area contributed by atoms with E-state index in [9.17, 15) is 14.4 Å². The van der Waals surface area contributed by atoms with E-state index in [1.54, 1.807) is 10.7 Å². The van der Waals surface area contributed by atoms with Crippen molar-refractivity contribution in [1.82, 2.24) is 19.7 Å². The number of carbonyl (C=O) groups is 1. The number of urea groups is 1. The molecule has 0 atom stereocenters. The van der Waals surface area contributed by atoms with Crippen LogP contribution in [0.4, 0.5) is 26.5 Å². The van der Waals surface area contributed by atoms with Crippen LogP contribution in [0.1, 0.15) is 51.3 Å².